The van der Waals surface area contributed by atoms with Gasteiger partial charge in [0.2, 0.25) is 0 Å². The van der Waals surface area contributed by atoms with E-state index >= 15 is 0 Å². The summed E-state index contributed by atoms with van der Waals surface area (Å²) in [6.07, 6.45) is 4.65. The molecule has 0 aromatic carbocycles. The largest absolute Gasteiger partial charge is 0.299 e. The van der Waals surface area contributed by atoms with Gasteiger partial charge < -0.3 is 0 Å². The number of ketones is 1. The zero-order valence-electron chi connectivity index (χ0n) is 10.5. The molecule has 0 N–H and O–H groups in total. The summed E-state index contributed by atoms with van der Waals surface area (Å²) in [6.45, 7) is 4.97. The second-order valence-electron chi connectivity index (χ2n) is 4.74. The lowest BCUT2D eigenvalue weighted by Crippen LogP contribution is -2.10. The number of hydrogen-bond acceptors (Lipinski definition) is 2. The summed E-state index contributed by atoms with van der Waals surface area (Å²) in [6, 6.07) is 0. The van der Waals surface area contributed by atoms with Crippen molar-refractivity contribution in [2.45, 2.75) is 52.5 Å². The summed E-state index contributed by atoms with van der Waals surface area (Å²) >= 11 is 3.58. The number of carbonyl (C=O) groups excluding carboxylic acids is 1. The molecule has 0 amide bonds. The number of aryl methyl sites for hydroxylation is 2. The van der Waals surface area contributed by atoms with E-state index in [-0.39, 0.29) is 0 Å². The van der Waals surface area contributed by atoms with Crippen molar-refractivity contribution in [2.75, 3.05) is 0 Å². The molecule has 1 aromatic heterocycles. The van der Waals surface area contributed by atoms with Crippen LogP contribution in [0.2, 0.25) is 0 Å². The van der Waals surface area contributed by atoms with E-state index < -0.39 is 0 Å². The highest BCUT2D eigenvalue weighted by molar-refractivity contribution is 9.10. The predicted molar refractivity (Wildman–Crippen MR) is 71.0 cm³/mol. The Morgan fingerprint density at radius 1 is 1.47 bits per heavy atom. The molecule has 1 aromatic rings. The van der Waals surface area contributed by atoms with E-state index in [0.29, 0.717) is 18.1 Å². The maximum atomic E-state index is 11.9. The Labute approximate surface area is 111 Å². The Morgan fingerprint density at radius 3 is 2.71 bits per heavy atom. The summed E-state index contributed by atoms with van der Waals surface area (Å²) in [4.78, 5) is 11.9. The Bertz CT molecular complexity index is 421. The van der Waals surface area contributed by atoms with Gasteiger partial charge in [0.05, 0.1) is 15.9 Å². The number of halogens is 1. The molecule has 3 nitrogen and oxygen atoms in total. The van der Waals surface area contributed by atoms with Gasteiger partial charge in [-0.3, -0.25) is 9.48 Å². The van der Waals surface area contributed by atoms with Crippen LogP contribution in [0, 0.1) is 5.92 Å². The van der Waals surface area contributed by atoms with Crippen molar-refractivity contribution in [1.82, 2.24) is 9.78 Å². The van der Waals surface area contributed by atoms with Crippen molar-refractivity contribution in [3.63, 3.8) is 0 Å². The normalized spacial score (nSPS) is 15.2. The quantitative estimate of drug-likeness (QED) is 0.809. The zero-order valence-corrected chi connectivity index (χ0v) is 12.1. The first-order chi connectivity index (χ1) is 8.15. The number of aromatic nitrogens is 2. The minimum Gasteiger partial charge on any atom is -0.299 e. The number of nitrogens with zero attached hydrogens (tertiary/aromatic N) is 2. The minimum atomic E-state index is 0.352. The molecule has 0 unspecified atom stereocenters. The molecule has 1 fully saturated rings. The van der Waals surface area contributed by atoms with E-state index in [2.05, 4.69) is 34.9 Å². The molecule has 0 aliphatic heterocycles. The van der Waals surface area contributed by atoms with E-state index in [0.717, 1.165) is 35.2 Å². The van der Waals surface area contributed by atoms with Gasteiger partial charge in [-0.15, -0.1) is 0 Å². The average molecular weight is 299 g/mol. The molecule has 1 aliphatic carbocycles. The molecule has 94 valence electrons. The Balaban J connectivity index is 2.11. The molecule has 1 heterocycles. The zero-order chi connectivity index (χ0) is 12.4. The van der Waals surface area contributed by atoms with Crippen LogP contribution in [0.3, 0.4) is 0 Å². The maximum absolute atomic E-state index is 11.9. The van der Waals surface area contributed by atoms with Crippen LogP contribution >= 0.6 is 15.9 Å². The van der Waals surface area contributed by atoms with Crippen LogP contribution in [0.5, 0.6) is 0 Å². The molecule has 0 spiro atoms. The SMILES string of the molecule is CCc1nn(CC)c(CC(=O)CC2CC2)c1Br. The molecule has 0 bridgehead atoms. The third kappa shape index (κ3) is 2.97. The van der Waals surface area contributed by atoms with Crippen molar-refractivity contribution in [1.29, 1.82) is 0 Å². The molecule has 0 radical (unpaired) electrons. The molecule has 0 saturated heterocycles. The first kappa shape index (κ1) is 12.8. The van der Waals surface area contributed by atoms with E-state index in [1.165, 1.54) is 12.8 Å². The summed E-state index contributed by atoms with van der Waals surface area (Å²) in [7, 11) is 0. The lowest BCUT2D eigenvalue weighted by Gasteiger charge is -2.04. The van der Waals surface area contributed by atoms with Gasteiger partial charge in [-0.25, -0.2) is 0 Å². The van der Waals surface area contributed by atoms with Gasteiger partial charge in [0.15, 0.2) is 0 Å². The van der Waals surface area contributed by atoms with Gasteiger partial charge in [0.25, 0.3) is 0 Å². The fourth-order valence-corrected chi connectivity index (χ4v) is 2.79. The fraction of sp³-hybridized carbons (Fsp3) is 0.692. The Kier molecular flexibility index (Phi) is 4.02. The van der Waals surface area contributed by atoms with Crippen LogP contribution < -0.4 is 0 Å². The third-order valence-electron chi connectivity index (χ3n) is 3.27. The monoisotopic (exact) mass is 298 g/mol. The van der Waals surface area contributed by atoms with E-state index in [9.17, 15) is 4.79 Å². The van der Waals surface area contributed by atoms with Crippen LogP contribution in [0.15, 0.2) is 4.47 Å². The molecule has 1 aliphatic rings. The number of hydrogen-bond donors (Lipinski definition) is 0. The van der Waals surface area contributed by atoms with Gasteiger partial charge in [0, 0.05) is 19.4 Å². The lowest BCUT2D eigenvalue weighted by molar-refractivity contribution is -0.118. The molecule has 0 atom stereocenters. The molecular formula is C13H19BrN2O. The highest BCUT2D eigenvalue weighted by Crippen LogP contribution is 2.33. The van der Waals surface area contributed by atoms with Gasteiger partial charge in [-0.05, 0) is 48.0 Å². The van der Waals surface area contributed by atoms with Crippen LogP contribution in [-0.4, -0.2) is 15.6 Å². The number of Topliss-reactive ketones (excluding diaryl/α,β-unsaturated/α-hetero) is 1. The van der Waals surface area contributed by atoms with Gasteiger partial charge >= 0.3 is 0 Å². The van der Waals surface area contributed by atoms with Crippen molar-refractivity contribution < 1.29 is 4.79 Å². The van der Waals surface area contributed by atoms with Crippen LogP contribution in [0.1, 0.15) is 44.5 Å². The van der Waals surface area contributed by atoms with E-state index in [1.54, 1.807) is 0 Å². The summed E-state index contributed by atoms with van der Waals surface area (Å²) in [5.74, 6) is 1.02. The fourth-order valence-electron chi connectivity index (χ4n) is 2.09. The summed E-state index contributed by atoms with van der Waals surface area (Å²) in [5, 5.41) is 4.51. The maximum Gasteiger partial charge on any atom is 0.139 e. The van der Waals surface area contributed by atoms with Crippen molar-refractivity contribution in [2.24, 2.45) is 5.92 Å². The second-order valence-corrected chi connectivity index (χ2v) is 5.53. The van der Waals surface area contributed by atoms with E-state index in [4.69, 9.17) is 0 Å². The molecule has 2 rings (SSSR count). The predicted octanol–water partition coefficient (Wildman–Crippen LogP) is 3.14. The Morgan fingerprint density at radius 2 is 2.18 bits per heavy atom. The van der Waals surface area contributed by atoms with Crippen molar-refractivity contribution in [3.05, 3.63) is 15.9 Å². The third-order valence-corrected chi connectivity index (χ3v) is 4.19. The molecular weight excluding hydrogens is 280 g/mol. The van der Waals surface area contributed by atoms with E-state index in [1.807, 2.05) is 4.68 Å². The topological polar surface area (TPSA) is 34.9 Å². The summed E-state index contributed by atoms with van der Waals surface area (Å²) in [5.41, 5.74) is 2.11. The van der Waals surface area contributed by atoms with Crippen LogP contribution in [0.4, 0.5) is 0 Å². The minimum absolute atomic E-state index is 0.352. The standard InChI is InChI=1S/C13H19BrN2O/c1-3-11-13(14)12(16(4-2)15-11)8-10(17)7-9-5-6-9/h9H,3-8H2,1-2H3. The second kappa shape index (κ2) is 5.34. The van der Waals surface area contributed by atoms with Crippen molar-refractivity contribution in [3.8, 4) is 0 Å². The van der Waals surface area contributed by atoms with Crippen LogP contribution in [-0.2, 0) is 24.2 Å². The summed E-state index contributed by atoms with van der Waals surface area (Å²) < 4.78 is 2.99. The molecule has 4 heteroatoms. The highest BCUT2D eigenvalue weighted by Gasteiger charge is 2.25. The Hall–Kier alpha value is -0.640. The van der Waals surface area contributed by atoms with Gasteiger partial charge in [0.1, 0.15) is 5.78 Å². The molecule has 1 saturated carbocycles. The van der Waals surface area contributed by atoms with Gasteiger partial charge in [-0.1, -0.05) is 6.92 Å². The number of carbonyl (C=O) groups is 1. The van der Waals surface area contributed by atoms with Crippen molar-refractivity contribution >= 4 is 21.7 Å². The first-order valence-corrected chi connectivity index (χ1v) is 7.20. The first-order valence-electron chi connectivity index (χ1n) is 6.41. The number of rotatable bonds is 6. The lowest BCUT2D eigenvalue weighted by atomic mass is 10.1. The smallest absolute Gasteiger partial charge is 0.139 e. The highest BCUT2D eigenvalue weighted by atomic mass is 79.9. The van der Waals surface area contributed by atoms with Crippen LogP contribution in [0.25, 0.3) is 0 Å². The average Bonchev–Trinajstić information content (AvgIpc) is 3.06. The molecule has 17 heavy (non-hydrogen) atoms. The van der Waals surface area contributed by atoms with Gasteiger partial charge in [-0.2, -0.15) is 5.10 Å².